The number of rotatable bonds is 9. The van der Waals surface area contributed by atoms with Gasteiger partial charge in [-0.25, -0.2) is 0 Å². The van der Waals surface area contributed by atoms with Crippen molar-refractivity contribution in [3.63, 3.8) is 0 Å². The predicted molar refractivity (Wildman–Crippen MR) is 69.3 cm³/mol. The Morgan fingerprint density at radius 3 is 2.44 bits per heavy atom. The summed E-state index contributed by atoms with van der Waals surface area (Å²) in [6, 6.07) is 0. The van der Waals surface area contributed by atoms with Gasteiger partial charge in [-0.1, -0.05) is 45.4 Å². The number of aliphatic hydroxyl groups is 1. The van der Waals surface area contributed by atoms with Crippen LogP contribution in [0.2, 0.25) is 0 Å². The van der Waals surface area contributed by atoms with Gasteiger partial charge in [-0.2, -0.15) is 0 Å². The quantitative estimate of drug-likeness (QED) is 0.510. The van der Waals surface area contributed by atoms with E-state index in [2.05, 4.69) is 6.92 Å². The molecule has 0 saturated carbocycles. The van der Waals surface area contributed by atoms with Crippen molar-refractivity contribution in [2.24, 2.45) is 0 Å². The fraction of sp³-hybridized carbons (Fsp3) is 0.929. The molecule has 2 atom stereocenters. The van der Waals surface area contributed by atoms with E-state index >= 15 is 0 Å². The molecule has 1 heterocycles. The van der Waals surface area contributed by atoms with Crippen LogP contribution in [-0.4, -0.2) is 36.5 Å². The highest BCUT2D eigenvalue weighted by molar-refractivity contribution is 5.69. The van der Waals surface area contributed by atoms with E-state index in [1.165, 1.54) is 32.1 Å². The zero-order valence-electron chi connectivity index (χ0n) is 11.4. The Balaban J connectivity index is 1.93. The Labute approximate surface area is 110 Å². The minimum Gasteiger partial charge on any atom is -0.457 e. The third-order valence-electron chi connectivity index (χ3n) is 3.27. The third-order valence-corrected chi connectivity index (χ3v) is 3.27. The standard InChI is InChI=1S/C14H26O4/c1-2-3-4-5-6-7-8-9-14(16)18-13-11-17-10-12(13)15/h12-13,15H,2-11H2,1H3/t12-,13+/m1/s1. The lowest BCUT2D eigenvalue weighted by Crippen LogP contribution is -2.29. The first-order chi connectivity index (χ1) is 8.74. The minimum atomic E-state index is -0.650. The predicted octanol–water partition coefficient (Wildman–Crippen LogP) is 2.43. The summed E-state index contributed by atoms with van der Waals surface area (Å²) in [5.74, 6) is -0.210. The summed E-state index contributed by atoms with van der Waals surface area (Å²) >= 11 is 0. The molecule has 18 heavy (non-hydrogen) atoms. The topological polar surface area (TPSA) is 55.8 Å². The number of hydrogen-bond acceptors (Lipinski definition) is 4. The van der Waals surface area contributed by atoms with Crippen LogP contribution in [0.1, 0.15) is 58.3 Å². The lowest BCUT2D eigenvalue weighted by molar-refractivity contribution is -0.152. The molecule has 1 fully saturated rings. The van der Waals surface area contributed by atoms with Crippen LogP contribution < -0.4 is 0 Å². The van der Waals surface area contributed by atoms with E-state index < -0.39 is 12.2 Å². The van der Waals surface area contributed by atoms with Gasteiger partial charge >= 0.3 is 5.97 Å². The Kier molecular flexibility index (Phi) is 8.01. The molecule has 0 aromatic carbocycles. The van der Waals surface area contributed by atoms with Crippen molar-refractivity contribution in [3.05, 3.63) is 0 Å². The molecule has 0 amide bonds. The lowest BCUT2D eigenvalue weighted by atomic mass is 10.1. The first-order valence-electron chi connectivity index (χ1n) is 7.19. The minimum absolute atomic E-state index is 0.210. The molecule has 106 valence electrons. The van der Waals surface area contributed by atoms with Gasteiger partial charge < -0.3 is 14.6 Å². The van der Waals surface area contributed by atoms with Gasteiger partial charge in [0, 0.05) is 6.42 Å². The van der Waals surface area contributed by atoms with Crippen molar-refractivity contribution in [1.29, 1.82) is 0 Å². The van der Waals surface area contributed by atoms with E-state index in [0.717, 1.165) is 12.8 Å². The highest BCUT2D eigenvalue weighted by Gasteiger charge is 2.29. The van der Waals surface area contributed by atoms with E-state index in [-0.39, 0.29) is 12.6 Å². The fourth-order valence-electron chi connectivity index (χ4n) is 2.09. The number of aliphatic hydroxyl groups excluding tert-OH is 1. The summed E-state index contributed by atoms with van der Waals surface area (Å²) in [4.78, 5) is 11.5. The maximum Gasteiger partial charge on any atom is 0.306 e. The van der Waals surface area contributed by atoms with Crippen molar-refractivity contribution in [2.75, 3.05) is 13.2 Å². The van der Waals surface area contributed by atoms with Crippen molar-refractivity contribution in [2.45, 2.75) is 70.5 Å². The van der Waals surface area contributed by atoms with E-state index in [1.54, 1.807) is 0 Å². The Hall–Kier alpha value is -0.610. The fourth-order valence-corrected chi connectivity index (χ4v) is 2.09. The van der Waals surface area contributed by atoms with Crippen LogP contribution in [-0.2, 0) is 14.3 Å². The van der Waals surface area contributed by atoms with E-state index in [1.807, 2.05) is 0 Å². The molecule has 0 unspecified atom stereocenters. The maximum atomic E-state index is 11.5. The summed E-state index contributed by atoms with van der Waals surface area (Å²) in [6.07, 6.45) is 7.64. The van der Waals surface area contributed by atoms with Gasteiger partial charge in [0.2, 0.25) is 0 Å². The van der Waals surface area contributed by atoms with Crippen LogP contribution in [0.3, 0.4) is 0 Å². The monoisotopic (exact) mass is 258 g/mol. The van der Waals surface area contributed by atoms with Crippen LogP contribution in [0, 0.1) is 0 Å². The van der Waals surface area contributed by atoms with Gasteiger partial charge in [-0.15, -0.1) is 0 Å². The molecule has 0 spiro atoms. The highest BCUT2D eigenvalue weighted by Crippen LogP contribution is 2.12. The van der Waals surface area contributed by atoms with Crippen molar-refractivity contribution in [3.8, 4) is 0 Å². The van der Waals surface area contributed by atoms with Crippen LogP contribution in [0.25, 0.3) is 0 Å². The molecular formula is C14H26O4. The second kappa shape index (κ2) is 9.34. The summed E-state index contributed by atoms with van der Waals surface area (Å²) in [5.41, 5.74) is 0. The zero-order valence-corrected chi connectivity index (χ0v) is 11.4. The van der Waals surface area contributed by atoms with Crippen LogP contribution in [0.5, 0.6) is 0 Å². The average Bonchev–Trinajstić information content (AvgIpc) is 2.74. The molecule has 1 aliphatic heterocycles. The van der Waals surface area contributed by atoms with E-state index in [4.69, 9.17) is 9.47 Å². The number of carbonyl (C=O) groups is 1. The molecule has 0 bridgehead atoms. The molecule has 0 radical (unpaired) electrons. The Morgan fingerprint density at radius 1 is 1.17 bits per heavy atom. The van der Waals surface area contributed by atoms with Crippen molar-refractivity contribution in [1.82, 2.24) is 0 Å². The molecule has 1 rings (SSSR count). The molecule has 1 aliphatic rings. The van der Waals surface area contributed by atoms with Crippen LogP contribution in [0.4, 0.5) is 0 Å². The molecule has 1 N–H and O–H groups in total. The van der Waals surface area contributed by atoms with E-state index in [9.17, 15) is 9.90 Å². The normalized spacial score (nSPS) is 23.2. The maximum absolute atomic E-state index is 11.5. The molecule has 0 aromatic heterocycles. The second-order valence-electron chi connectivity index (χ2n) is 5.00. The van der Waals surface area contributed by atoms with Gasteiger partial charge in [-0.05, 0) is 6.42 Å². The number of unbranched alkanes of at least 4 members (excludes halogenated alkanes) is 6. The van der Waals surface area contributed by atoms with Gasteiger partial charge in [0.05, 0.1) is 13.2 Å². The summed E-state index contributed by atoms with van der Waals surface area (Å²) in [7, 11) is 0. The highest BCUT2D eigenvalue weighted by atomic mass is 16.6. The molecule has 0 aliphatic carbocycles. The Morgan fingerprint density at radius 2 is 1.83 bits per heavy atom. The van der Waals surface area contributed by atoms with Crippen LogP contribution in [0.15, 0.2) is 0 Å². The van der Waals surface area contributed by atoms with Crippen LogP contribution >= 0.6 is 0 Å². The number of esters is 1. The average molecular weight is 258 g/mol. The first-order valence-corrected chi connectivity index (χ1v) is 7.19. The van der Waals surface area contributed by atoms with Gasteiger partial charge in [0.1, 0.15) is 6.10 Å². The van der Waals surface area contributed by atoms with E-state index in [0.29, 0.717) is 13.0 Å². The lowest BCUT2D eigenvalue weighted by Gasteiger charge is -2.13. The first kappa shape index (κ1) is 15.4. The number of ether oxygens (including phenoxy) is 2. The molecular weight excluding hydrogens is 232 g/mol. The molecule has 1 saturated heterocycles. The van der Waals surface area contributed by atoms with Gasteiger partial charge in [0.15, 0.2) is 6.10 Å². The summed E-state index contributed by atoms with van der Waals surface area (Å²) in [5, 5.41) is 9.43. The van der Waals surface area contributed by atoms with Crippen molar-refractivity contribution >= 4 is 5.97 Å². The number of carbonyl (C=O) groups excluding carboxylic acids is 1. The third kappa shape index (κ3) is 6.36. The van der Waals surface area contributed by atoms with Gasteiger partial charge in [-0.3, -0.25) is 4.79 Å². The SMILES string of the molecule is CCCCCCCCCC(=O)O[C@H]1COC[C@H]1O. The number of hydrogen-bond donors (Lipinski definition) is 1. The summed E-state index contributed by atoms with van der Waals surface area (Å²) in [6.45, 7) is 2.80. The Bertz CT molecular complexity index is 230. The zero-order chi connectivity index (χ0) is 13.2. The molecule has 4 heteroatoms. The largest absolute Gasteiger partial charge is 0.457 e. The van der Waals surface area contributed by atoms with Crippen molar-refractivity contribution < 1.29 is 19.4 Å². The second-order valence-corrected chi connectivity index (χ2v) is 5.00. The smallest absolute Gasteiger partial charge is 0.306 e. The summed E-state index contributed by atoms with van der Waals surface area (Å²) < 4.78 is 10.2. The molecule has 4 nitrogen and oxygen atoms in total. The van der Waals surface area contributed by atoms with Gasteiger partial charge in [0.25, 0.3) is 0 Å². The molecule has 0 aromatic rings.